The van der Waals surface area contributed by atoms with Crippen LogP contribution < -0.4 is 0 Å². The molecule has 75 valence electrons. The van der Waals surface area contributed by atoms with E-state index in [9.17, 15) is 18.5 Å². The molecular formula is C6H6N3O4S. The molecule has 1 radical (unpaired) electrons. The van der Waals surface area contributed by atoms with Gasteiger partial charge in [-0.3, -0.25) is 10.1 Å². The molecule has 0 atom stereocenters. The van der Waals surface area contributed by atoms with Gasteiger partial charge in [0.15, 0.2) is 6.20 Å². The van der Waals surface area contributed by atoms with Crippen molar-refractivity contribution < 1.29 is 13.3 Å². The lowest BCUT2D eigenvalue weighted by atomic mass is 10.4. The van der Waals surface area contributed by atoms with E-state index in [0.29, 0.717) is 0 Å². The SMILES string of the molecule is Cc1nc(S(C)(=O)=O)n[c]c1[N+](=O)[O-]. The lowest BCUT2D eigenvalue weighted by Crippen LogP contribution is -2.07. The van der Waals surface area contributed by atoms with Crippen molar-refractivity contribution in [2.45, 2.75) is 12.1 Å². The van der Waals surface area contributed by atoms with Crippen LogP contribution in [-0.4, -0.2) is 29.6 Å². The summed E-state index contributed by atoms with van der Waals surface area (Å²) in [5, 5.41) is 9.87. The normalized spacial score (nSPS) is 11.3. The maximum atomic E-state index is 11.0. The van der Waals surface area contributed by atoms with E-state index in [1.165, 1.54) is 6.92 Å². The maximum absolute atomic E-state index is 11.0. The number of rotatable bonds is 2. The van der Waals surface area contributed by atoms with Gasteiger partial charge >= 0.3 is 5.69 Å². The zero-order valence-electron chi connectivity index (χ0n) is 7.38. The first-order valence-corrected chi connectivity index (χ1v) is 5.32. The van der Waals surface area contributed by atoms with Crippen molar-refractivity contribution in [2.24, 2.45) is 0 Å². The van der Waals surface area contributed by atoms with Crippen LogP contribution in [-0.2, 0) is 9.84 Å². The number of aromatic nitrogens is 2. The minimum atomic E-state index is -3.54. The van der Waals surface area contributed by atoms with Gasteiger partial charge in [-0.2, -0.15) is 0 Å². The monoisotopic (exact) mass is 216 g/mol. The number of nitrogens with zero attached hydrogens (tertiary/aromatic N) is 3. The molecule has 0 fully saturated rings. The van der Waals surface area contributed by atoms with Gasteiger partial charge in [0.05, 0.1) is 4.92 Å². The molecule has 7 nitrogen and oxygen atoms in total. The van der Waals surface area contributed by atoms with Crippen LogP contribution in [0.1, 0.15) is 5.69 Å². The van der Waals surface area contributed by atoms with Crippen molar-refractivity contribution in [3.05, 3.63) is 22.0 Å². The summed E-state index contributed by atoms with van der Waals surface area (Å²) in [6.07, 6.45) is 2.94. The second kappa shape index (κ2) is 3.29. The maximum Gasteiger partial charge on any atom is 0.318 e. The van der Waals surface area contributed by atoms with E-state index < -0.39 is 25.6 Å². The first-order valence-electron chi connectivity index (χ1n) is 3.43. The van der Waals surface area contributed by atoms with Crippen molar-refractivity contribution in [3.63, 3.8) is 0 Å². The molecule has 0 aromatic carbocycles. The summed E-state index contributed by atoms with van der Waals surface area (Å²) >= 11 is 0. The molecule has 0 spiro atoms. The Kier molecular flexibility index (Phi) is 2.47. The highest BCUT2D eigenvalue weighted by Crippen LogP contribution is 2.14. The first kappa shape index (κ1) is 10.5. The highest BCUT2D eigenvalue weighted by atomic mass is 32.2. The van der Waals surface area contributed by atoms with Gasteiger partial charge in [-0.25, -0.2) is 18.4 Å². The molecular weight excluding hydrogens is 210 g/mol. The van der Waals surface area contributed by atoms with E-state index in [1.807, 2.05) is 6.20 Å². The molecule has 1 heterocycles. The third-order valence-corrected chi connectivity index (χ3v) is 2.22. The molecule has 1 aromatic rings. The van der Waals surface area contributed by atoms with Crippen molar-refractivity contribution in [3.8, 4) is 0 Å². The number of nitro groups is 1. The van der Waals surface area contributed by atoms with Gasteiger partial charge in [-0.15, -0.1) is 0 Å². The Balaban J connectivity index is 3.34. The molecule has 0 unspecified atom stereocenters. The molecule has 0 amide bonds. The fraction of sp³-hybridized carbons (Fsp3) is 0.333. The zero-order valence-corrected chi connectivity index (χ0v) is 8.20. The van der Waals surface area contributed by atoms with Crippen molar-refractivity contribution >= 4 is 15.5 Å². The van der Waals surface area contributed by atoms with Gasteiger partial charge in [0.2, 0.25) is 15.0 Å². The Hall–Kier alpha value is -1.57. The average molecular weight is 216 g/mol. The molecule has 8 heteroatoms. The van der Waals surface area contributed by atoms with E-state index in [-0.39, 0.29) is 5.69 Å². The van der Waals surface area contributed by atoms with Crippen molar-refractivity contribution in [1.29, 1.82) is 0 Å². The lowest BCUT2D eigenvalue weighted by Gasteiger charge is -1.97. The average Bonchev–Trinajstić information content (AvgIpc) is 2.01. The Morgan fingerprint density at radius 3 is 2.43 bits per heavy atom. The molecule has 0 aliphatic rings. The summed E-state index contributed by atoms with van der Waals surface area (Å²) in [4.78, 5) is 16.4. The molecule has 0 saturated heterocycles. The molecule has 0 bridgehead atoms. The quantitative estimate of drug-likeness (QED) is 0.388. The summed E-state index contributed by atoms with van der Waals surface area (Å²) in [5.74, 6) is 0. The summed E-state index contributed by atoms with van der Waals surface area (Å²) in [6, 6.07) is 0. The van der Waals surface area contributed by atoms with Crippen molar-refractivity contribution in [2.75, 3.05) is 6.26 Å². The van der Waals surface area contributed by atoms with Crippen LogP contribution in [0.3, 0.4) is 0 Å². The molecule has 0 aliphatic heterocycles. The van der Waals surface area contributed by atoms with Crippen LogP contribution in [0.2, 0.25) is 0 Å². The van der Waals surface area contributed by atoms with Crippen molar-refractivity contribution in [1.82, 2.24) is 9.97 Å². The van der Waals surface area contributed by atoms with Gasteiger partial charge < -0.3 is 0 Å². The van der Waals surface area contributed by atoms with Gasteiger partial charge in [-0.05, 0) is 6.92 Å². The molecule has 0 saturated carbocycles. The number of sulfone groups is 1. The minimum Gasteiger partial charge on any atom is -0.258 e. The number of hydrogen-bond donors (Lipinski definition) is 0. The summed E-state index contributed by atoms with van der Waals surface area (Å²) in [7, 11) is -3.54. The van der Waals surface area contributed by atoms with E-state index in [1.54, 1.807) is 0 Å². The van der Waals surface area contributed by atoms with Crippen LogP contribution in [0.5, 0.6) is 0 Å². The van der Waals surface area contributed by atoms with Gasteiger partial charge in [-0.1, -0.05) is 0 Å². The minimum absolute atomic E-state index is 0.0228. The molecule has 14 heavy (non-hydrogen) atoms. The van der Waals surface area contributed by atoms with E-state index in [0.717, 1.165) is 6.26 Å². The standard InChI is InChI=1S/C6H6N3O4S/c1-4-5(9(10)11)3-7-6(8-4)14(2,12)13/h1-2H3. The van der Waals surface area contributed by atoms with Crippen LogP contribution in [0.4, 0.5) is 5.69 Å². The van der Waals surface area contributed by atoms with E-state index in [2.05, 4.69) is 9.97 Å². The van der Waals surface area contributed by atoms with E-state index >= 15 is 0 Å². The van der Waals surface area contributed by atoms with Crippen LogP contribution in [0.25, 0.3) is 0 Å². The van der Waals surface area contributed by atoms with Crippen LogP contribution >= 0.6 is 0 Å². The topological polar surface area (TPSA) is 103 Å². The second-order valence-electron chi connectivity index (χ2n) is 2.58. The molecule has 0 aliphatic carbocycles. The molecule has 0 N–H and O–H groups in total. The number of hydrogen-bond acceptors (Lipinski definition) is 6. The molecule has 1 rings (SSSR count). The zero-order chi connectivity index (χ0) is 10.9. The summed E-state index contributed by atoms with van der Waals surface area (Å²) in [5.41, 5.74) is -0.442. The summed E-state index contributed by atoms with van der Waals surface area (Å²) in [6.45, 7) is 1.32. The Bertz CT molecular complexity index is 482. The molecule has 1 aromatic heterocycles. The fourth-order valence-corrected chi connectivity index (χ4v) is 1.26. The Morgan fingerprint density at radius 2 is 2.07 bits per heavy atom. The van der Waals surface area contributed by atoms with Crippen LogP contribution in [0.15, 0.2) is 5.16 Å². The fourth-order valence-electron chi connectivity index (χ4n) is 0.742. The van der Waals surface area contributed by atoms with E-state index in [4.69, 9.17) is 0 Å². The third kappa shape index (κ3) is 2.02. The lowest BCUT2D eigenvalue weighted by molar-refractivity contribution is -0.386. The predicted octanol–water partition coefficient (Wildman–Crippen LogP) is -0.103. The Labute approximate surface area is 79.9 Å². The third-order valence-electron chi connectivity index (χ3n) is 1.38. The first-order chi connectivity index (χ1) is 6.32. The highest BCUT2D eigenvalue weighted by Gasteiger charge is 2.18. The van der Waals surface area contributed by atoms with Gasteiger partial charge in [0.25, 0.3) is 0 Å². The largest absolute Gasteiger partial charge is 0.318 e. The second-order valence-corrected chi connectivity index (χ2v) is 4.49. The van der Waals surface area contributed by atoms with Gasteiger partial charge in [0, 0.05) is 6.26 Å². The van der Waals surface area contributed by atoms with Crippen LogP contribution in [0, 0.1) is 23.2 Å². The highest BCUT2D eigenvalue weighted by molar-refractivity contribution is 7.90. The Morgan fingerprint density at radius 1 is 1.50 bits per heavy atom. The predicted molar refractivity (Wildman–Crippen MR) is 45.4 cm³/mol. The number of aryl methyl sites for hydroxylation is 1. The summed E-state index contributed by atoms with van der Waals surface area (Å²) < 4.78 is 21.9. The van der Waals surface area contributed by atoms with Gasteiger partial charge in [0.1, 0.15) is 5.69 Å². The smallest absolute Gasteiger partial charge is 0.258 e.